The quantitative estimate of drug-likeness (QED) is 0.837. The van der Waals surface area contributed by atoms with E-state index in [9.17, 15) is 4.79 Å². The molecule has 82 valence electrons. The molecule has 0 spiro atoms. The maximum absolute atomic E-state index is 11.6. The van der Waals surface area contributed by atoms with Gasteiger partial charge in [0.25, 0.3) is 0 Å². The molecule has 0 bridgehead atoms. The van der Waals surface area contributed by atoms with Crippen molar-refractivity contribution >= 4 is 21.8 Å². The SMILES string of the molecule is O=C1CC(CBr)CN1CCc1cn[nH]c1. The molecule has 1 amide bonds. The maximum atomic E-state index is 11.6. The van der Waals surface area contributed by atoms with Gasteiger partial charge in [-0.15, -0.1) is 0 Å². The molecule has 1 aromatic heterocycles. The molecular formula is C10H14BrN3O. The van der Waals surface area contributed by atoms with Gasteiger partial charge in [0.2, 0.25) is 5.91 Å². The van der Waals surface area contributed by atoms with E-state index in [0.29, 0.717) is 12.3 Å². The van der Waals surface area contributed by atoms with Crippen LogP contribution in [-0.4, -0.2) is 39.4 Å². The minimum absolute atomic E-state index is 0.281. The van der Waals surface area contributed by atoms with Crippen molar-refractivity contribution < 1.29 is 4.79 Å². The first-order valence-corrected chi connectivity index (χ1v) is 6.23. The largest absolute Gasteiger partial charge is 0.342 e. The summed E-state index contributed by atoms with van der Waals surface area (Å²) < 4.78 is 0. The van der Waals surface area contributed by atoms with E-state index in [2.05, 4.69) is 26.1 Å². The van der Waals surface area contributed by atoms with Crippen LogP contribution in [0, 0.1) is 5.92 Å². The van der Waals surface area contributed by atoms with E-state index in [4.69, 9.17) is 0 Å². The number of aromatic nitrogens is 2. The van der Waals surface area contributed by atoms with Crippen LogP contribution >= 0.6 is 15.9 Å². The molecule has 1 atom stereocenters. The van der Waals surface area contributed by atoms with E-state index >= 15 is 0 Å². The van der Waals surface area contributed by atoms with Crippen molar-refractivity contribution in [1.29, 1.82) is 0 Å². The average Bonchev–Trinajstić information content (AvgIpc) is 2.84. The summed E-state index contributed by atoms with van der Waals surface area (Å²) in [6.45, 7) is 1.70. The zero-order chi connectivity index (χ0) is 10.7. The van der Waals surface area contributed by atoms with Crippen LogP contribution in [0.15, 0.2) is 12.4 Å². The first-order chi connectivity index (χ1) is 7.29. The molecule has 1 saturated heterocycles. The summed E-state index contributed by atoms with van der Waals surface area (Å²) in [6, 6.07) is 0. The van der Waals surface area contributed by atoms with E-state index in [-0.39, 0.29) is 5.91 Å². The number of H-pyrrole nitrogens is 1. The smallest absolute Gasteiger partial charge is 0.222 e. The molecule has 5 heteroatoms. The number of hydrogen-bond acceptors (Lipinski definition) is 2. The van der Waals surface area contributed by atoms with Gasteiger partial charge in [-0.1, -0.05) is 15.9 Å². The van der Waals surface area contributed by atoms with E-state index in [0.717, 1.165) is 30.4 Å². The highest BCUT2D eigenvalue weighted by Gasteiger charge is 2.28. The number of halogens is 1. The molecule has 2 rings (SSSR count). The first-order valence-electron chi connectivity index (χ1n) is 5.11. The van der Waals surface area contributed by atoms with Gasteiger partial charge in [-0.25, -0.2) is 0 Å². The highest BCUT2D eigenvalue weighted by Crippen LogP contribution is 2.19. The lowest BCUT2D eigenvalue weighted by molar-refractivity contribution is -0.127. The second-order valence-corrected chi connectivity index (χ2v) is 4.57. The number of nitrogens with one attached hydrogen (secondary N) is 1. The molecule has 1 aliphatic heterocycles. The van der Waals surface area contributed by atoms with Crippen molar-refractivity contribution in [2.75, 3.05) is 18.4 Å². The van der Waals surface area contributed by atoms with Crippen LogP contribution in [0.2, 0.25) is 0 Å². The Morgan fingerprint density at radius 1 is 1.67 bits per heavy atom. The molecule has 1 N–H and O–H groups in total. The van der Waals surface area contributed by atoms with Crippen molar-refractivity contribution in [2.45, 2.75) is 12.8 Å². The van der Waals surface area contributed by atoms with Gasteiger partial charge in [-0.05, 0) is 17.9 Å². The van der Waals surface area contributed by atoms with E-state index in [1.165, 1.54) is 0 Å². The predicted molar refractivity (Wildman–Crippen MR) is 60.8 cm³/mol. The van der Waals surface area contributed by atoms with Crippen LogP contribution in [0.1, 0.15) is 12.0 Å². The zero-order valence-electron chi connectivity index (χ0n) is 8.45. The van der Waals surface area contributed by atoms with Crippen LogP contribution < -0.4 is 0 Å². The van der Waals surface area contributed by atoms with E-state index in [1.807, 2.05) is 17.3 Å². The number of alkyl halides is 1. The Bertz CT molecular complexity index is 325. The molecule has 0 aliphatic carbocycles. The van der Waals surface area contributed by atoms with Crippen LogP contribution in [-0.2, 0) is 11.2 Å². The zero-order valence-corrected chi connectivity index (χ0v) is 10.0. The maximum Gasteiger partial charge on any atom is 0.222 e. The fourth-order valence-electron chi connectivity index (χ4n) is 1.85. The number of hydrogen-bond donors (Lipinski definition) is 1. The summed E-state index contributed by atoms with van der Waals surface area (Å²) in [5, 5.41) is 7.57. The van der Waals surface area contributed by atoms with Crippen molar-refractivity contribution in [1.82, 2.24) is 15.1 Å². The molecule has 1 unspecified atom stereocenters. The number of rotatable bonds is 4. The van der Waals surface area contributed by atoms with Crippen molar-refractivity contribution in [3.8, 4) is 0 Å². The van der Waals surface area contributed by atoms with E-state index < -0.39 is 0 Å². The third kappa shape index (κ3) is 2.59. The fraction of sp³-hybridized carbons (Fsp3) is 0.600. The van der Waals surface area contributed by atoms with Gasteiger partial charge in [0.15, 0.2) is 0 Å². The second-order valence-electron chi connectivity index (χ2n) is 3.92. The Kier molecular flexibility index (Phi) is 3.41. The van der Waals surface area contributed by atoms with Crippen molar-refractivity contribution in [2.24, 2.45) is 5.92 Å². The van der Waals surface area contributed by atoms with Gasteiger partial charge >= 0.3 is 0 Å². The summed E-state index contributed by atoms with van der Waals surface area (Å²) in [5.41, 5.74) is 1.16. The first kappa shape index (κ1) is 10.7. The lowest BCUT2D eigenvalue weighted by Gasteiger charge is -2.15. The average molecular weight is 272 g/mol. The third-order valence-corrected chi connectivity index (χ3v) is 3.65. The Labute approximate surface area is 97.2 Å². The van der Waals surface area contributed by atoms with Crippen LogP contribution in [0.25, 0.3) is 0 Å². The number of amides is 1. The van der Waals surface area contributed by atoms with Gasteiger partial charge in [0.05, 0.1) is 6.20 Å². The molecule has 0 saturated carbocycles. The van der Waals surface area contributed by atoms with Gasteiger partial charge in [-0.3, -0.25) is 9.89 Å². The summed E-state index contributed by atoms with van der Waals surface area (Å²) in [4.78, 5) is 13.5. The molecule has 2 heterocycles. The van der Waals surface area contributed by atoms with Crippen LogP contribution in [0.4, 0.5) is 0 Å². The van der Waals surface area contributed by atoms with Gasteiger partial charge in [-0.2, -0.15) is 5.10 Å². The molecule has 4 nitrogen and oxygen atoms in total. The Balaban J connectivity index is 1.83. The highest BCUT2D eigenvalue weighted by molar-refractivity contribution is 9.09. The Morgan fingerprint density at radius 2 is 2.53 bits per heavy atom. The number of likely N-dealkylation sites (tertiary alicyclic amines) is 1. The molecule has 0 radical (unpaired) electrons. The fourth-order valence-corrected chi connectivity index (χ4v) is 2.29. The van der Waals surface area contributed by atoms with Crippen LogP contribution in [0.5, 0.6) is 0 Å². The minimum atomic E-state index is 0.281. The summed E-state index contributed by atoms with van der Waals surface area (Å²) >= 11 is 3.43. The molecular weight excluding hydrogens is 258 g/mol. The lowest BCUT2D eigenvalue weighted by atomic mass is 10.2. The third-order valence-electron chi connectivity index (χ3n) is 2.74. The topological polar surface area (TPSA) is 49.0 Å². The van der Waals surface area contributed by atoms with Gasteiger partial charge < -0.3 is 4.90 Å². The standard InChI is InChI=1S/C10H14BrN3O/c11-4-9-3-10(15)14(7-9)2-1-8-5-12-13-6-8/h5-6,9H,1-4,7H2,(H,12,13). The summed E-state index contributed by atoms with van der Waals surface area (Å²) in [7, 11) is 0. The molecule has 1 aliphatic rings. The predicted octanol–water partition coefficient (Wildman–Crippen LogP) is 1.20. The lowest BCUT2D eigenvalue weighted by Crippen LogP contribution is -2.27. The van der Waals surface area contributed by atoms with E-state index in [1.54, 1.807) is 0 Å². The van der Waals surface area contributed by atoms with Gasteiger partial charge in [0.1, 0.15) is 0 Å². The number of aromatic amines is 1. The second kappa shape index (κ2) is 4.79. The monoisotopic (exact) mass is 271 g/mol. The molecule has 1 fully saturated rings. The minimum Gasteiger partial charge on any atom is -0.342 e. The van der Waals surface area contributed by atoms with Gasteiger partial charge in [0, 0.05) is 31.0 Å². The van der Waals surface area contributed by atoms with Crippen molar-refractivity contribution in [3.05, 3.63) is 18.0 Å². The number of nitrogens with zero attached hydrogens (tertiary/aromatic N) is 2. The summed E-state index contributed by atoms with van der Waals surface area (Å²) in [5.74, 6) is 0.768. The highest BCUT2D eigenvalue weighted by atomic mass is 79.9. The summed E-state index contributed by atoms with van der Waals surface area (Å²) in [6.07, 6.45) is 5.26. The normalized spacial score (nSPS) is 21.3. The number of carbonyl (C=O) groups excluding carboxylic acids is 1. The Hall–Kier alpha value is -0.840. The molecule has 15 heavy (non-hydrogen) atoms. The molecule has 1 aromatic rings. The van der Waals surface area contributed by atoms with Crippen LogP contribution in [0.3, 0.4) is 0 Å². The Morgan fingerprint density at radius 3 is 3.13 bits per heavy atom. The number of carbonyl (C=O) groups is 1. The molecule has 0 aromatic carbocycles. The van der Waals surface area contributed by atoms with Crippen molar-refractivity contribution in [3.63, 3.8) is 0 Å².